The van der Waals surface area contributed by atoms with Gasteiger partial charge in [-0.3, -0.25) is 0 Å². The Morgan fingerprint density at radius 2 is 2.00 bits per heavy atom. The van der Waals surface area contributed by atoms with Crippen LogP contribution in [0.1, 0.15) is 29.0 Å². The largest absolute Gasteiger partial charge is 0.494 e. The lowest BCUT2D eigenvalue weighted by atomic mass is 10.0. The Balaban J connectivity index is 2.14. The van der Waals surface area contributed by atoms with Crippen LogP contribution < -0.4 is 4.74 Å². The van der Waals surface area contributed by atoms with Crippen molar-refractivity contribution in [3.8, 4) is 5.75 Å². The summed E-state index contributed by atoms with van der Waals surface area (Å²) in [5.41, 5.74) is 3.61. The minimum atomic E-state index is -0.0538. The molecule has 0 aliphatic carbocycles. The topological polar surface area (TPSA) is 9.23 Å². The molecule has 0 heterocycles. The molecule has 0 radical (unpaired) electrons. The third-order valence-corrected chi connectivity index (χ3v) is 4.19. The Morgan fingerprint density at radius 1 is 1.20 bits per heavy atom. The van der Waals surface area contributed by atoms with Gasteiger partial charge in [0, 0.05) is 4.47 Å². The molecule has 0 saturated carbocycles. The molecule has 20 heavy (non-hydrogen) atoms. The molecule has 0 aliphatic rings. The summed E-state index contributed by atoms with van der Waals surface area (Å²) in [6, 6.07) is 14.4. The second-order valence-electron chi connectivity index (χ2n) is 4.78. The number of hydrogen-bond acceptors (Lipinski definition) is 1. The molecule has 0 amide bonds. The third-order valence-electron chi connectivity index (χ3n) is 3.12. The van der Waals surface area contributed by atoms with Crippen LogP contribution in [0.4, 0.5) is 0 Å². The van der Waals surface area contributed by atoms with Crippen molar-refractivity contribution < 1.29 is 4.74 Å². The lowest BCUT2D eigenvalue weighted by molar-refractivity contribution is 0.340. The van der Waals surface area contributed by atoms with Crippen molar-refractivity contribution >= 4 is 27.5 Å². The monoisotopic (exact) mass is 352 g/mol. The molecule has 0 N–H and O–H groups in total. The van der Waals surface area contributed by atoms with E-state index in [1.54, 1.807) is 0 Å². The van der Waals surface area contributed by atoms with E-state index in [1.165, 1.54) is 11.1 Å². The Bertz CT molecular complexity index is 583. The first kappa shape index (κ1) is 15.4. The van der Waals surface area contributed by atoms with Crippen molar-refractivity contribution in [3.63, 3.8) is 0 Å². The van der Waals surface area contributed by atoms with E-state index in [9.17, 15) is 0 Å². The van der Waals surface area contributed by atoms with Gasteiger partial charge in [-0.15, -0.1) is 11.6 Å². The van der Waals surface area contributed by atoms with Crippen LogP contribution in [0.25, 0.3) is 0 Å². The molecular weight excluding hydrogens is 336 g/mol. The average Bonchev–Trinajstić information content (AvgIpc) is 2.39. The smallest absolute Gasteiger partial charge is 0.120 e. The van der Waals surface area contributed by atoms with E-state index in [0.29, 0.717) is 6.61 Å². The molecule has 0 aromatic heterocycles. The number of hydrogen-bond donors (Lipinski definition) is 0. The Morgan fingerprint density at radius 3 is 2.65 bits per heavy atom. The molecule has 2 aromatic rings. The van der Waals surface area contributed by atoms with Crippen molar-refractivity contribution in [1.82, 2.24) is 0 Å². The van der Waals surface area contributed by atoms with Crippen molar-refractivity contribution in [2.75, 3.05) is 6.61 Å². The Hall–Kier alpha value is -0.990. The van der Waals surface area contributed by atoms with Gasteiger partial charge < -0.3 is 4.74 Å². The maximum absolute atomic E-state index is 6.56. The highest BCUT2D eigenvalue weighted by Gasteiger charge is 2.13. The number of alkyl halides is 1. The fraction of sp³-hybridized carbons (Fsp3) is 0.294. The molecule has 0 bridgehead atoms. The fourth-order valence-electron chi connectivity index (χ4n) is 2.17. The summed E-state index contributed by atoms with van der Waals surface area (Å²) < 4.78 is 6.48. The van der Waals surface area contributed by atoms with E-state index in [2.05, 4.69) is 47.1 Å². The summed E-state index contributed by atoms with van der Waals surface area (Å²) >= 11 is 10.1. The molecule has 3 heteroatoms. The van der Waals surface area contributed by atoms with Crippen molar-refractivity contribution in [1.29, 1.82) is 0 Å². The van der Waals surface area contributed by atoms with Crippen molar-refractivity contribution in [3.05, 3.63) is 63.6 Å². The average molecular weight is 354 g/mol. The molecule has 2 rings (SSSR count). The molecule has 106 valence electrons. The highest BCUT2D eigenvalue weighted by atomic mass is 79.9. The van der Waals surface area contributed by atoms with Gasteiger partial charge in [0.05, 0.1) is 12.0 Å². The number of ether oxygens (including phenoxy) is 1. The van der Waals surface area contributed by atoms with Crippen LogP contribution in [0, 0.1) is 6.92 Å². The zero-order chi connectivity index (χ0) is 14.5. The van der Waals surface area contributed by atoms with E-state index in [1.807, 2.05) is 25.1 Å². The maximum atomic E-state index is 6.56. The number of aryl methyl sites for hydroxylation is 1. The molecule has 0 aliphatic heterocycles. The second-order valence-corrected chi connectivity index (χ2v) is 6.16. The van der Waals surface area contributed by atoms with Crippen LogP contribution >= 0.6 is 27.5 Å². The van der Waals surface area contributed by atoms with Gasteiger partial charge in [-0.2, -0.15) is 0 Å². The van der Waals surface area contributed by atoms with Gasteiger partial charge in [0.1, 0.15) is 5.75 Å². The van der Waals surface area contributed by atoms with Crippen molar-refractivity contribution in [2.45, 2.75) is 25.6 Å². The van der Waals surface area contributed by atoms with Gasteiger partial charge in [0.2, 0.25) is 0 Å². The van der Waals surface area contributed by atoms with Gasteiger partial charge in [0.25, 0.3) is 0 Å². The molecule has 1 nitrogen and oxygen atoms in total. The normalized spacial score (nSPS) is 12.2. The predicted octanol–water partition coefficient (Wildman–Crippen LogP) is 5.68. The SMILES string of the molecule is CCOc1ccc(C(Cl)Cc2cccc(C)c2)c(Br)c1. The molecular formula is C17H18BrClO. The van der Waals surface area contributed by atoms with E-state index < -0.39 is 0 Å². The van der Waals surface area contributed by atoms with E-state index in [4.69, 9.17) is 16.3 Å². The molecule has 0 saturated heterocycles. The van der Waals surface area contributed by atoms with Crippen LogP contribution in [0.15, 0.2) is 46.9 Å². The van der Waals surface area contributed by atoms with Gasteiger partial charge in [-0.25, -0.2) is 0 Å². The standard InChI is InChI=1S/C17H18BrClO/c1-3-20-14-7-8-15(16(18)11-14)17(19)10-13-6-4-5-12(2)9-13/h4-9,11,17H,3,10H2,1-2H3. The molecule has 1 unspecified atom stereocenters. The summed E-state index contributed by atoms with van der Waals surface area (Å²) in [6.45, 7) is 4.74. The van der Waals surface area contributed by atoms with Crippen LogP contribution in [-0.4, -0.2) is 6.61 Å². The highest BCUT2D eigenvalue weighted by molar-refractivity contribution is 9.10. The lowest BCUT2D eigenvalue weighted by Gasteiger charge is -2.14. The first-order valence-corrected chi connectivity index (χ1v) is 7.95. The Labute approximate surface area is 134 Å². The van der Waals surface area contributed by atoms with Crippen molar-refractivity contribution in [2.24, 2.45) is 0 Å². The first-order chi connectivity index (χ1) is 9.60. The molecule has 0 spiro atoms. The summed E-state index contributed by atoms with van der Waals surface area (Å²) in [7, 11) is 0. The number of halogens is 2. The van der Waals surface area contributed by atoms with Gasteiger partial charge >= 0.3 is 0 Å². The van der Waals surface area contributed by atoms with Crippen LogP contribution in [-0.2, 0) is 6.42 Å². The Kier molecular flexibility index (Phi) is 5.50. The number of benzene rings is 2. The van der Waals surface area contributed by atoms with Crippen LogP contribution in [0.2, 0.25) is 0 Å². The maximum Gasteiger partial charge on any atom is 0.120 e. The minimum Gasteiger partial charge on any atom is -0.494 e. The third kappa shape index (κ3) is 4.00. The summed E-state index contributed by atoms with van der Waals surface area (Å²) in [6.07, 6.45) is 0.815. The minimum absolute atomic E-state index is 0.0538. The first-order valence-electron chi connectivity index (χ1n) is 6.72. The number of rotatable bonds is 5. The van der Waals surface area contributed by atoms with E-state index in [0.717, 1.165) is 22.2 Å². The van der Waals surface area contributed by atoms with Crippen LogP contribution in [0.3, 0.4) is 0 Å². The summed E-state index contributed by atoms with van der Waals surface area (Å²) in [5, 5.41) is -0.0538. The molecule has 1 atom stereocenters. The van der Waals surface area contributed by atoms with Gasteiger partial charge in [-0.1, -0.05) is 51.8 Å². The van der Waals surface area contributed by atoms with E-state index in [-0.39, 0.29) is 5.38 Å². The molecule has 0 fully saturated rings. The van der Waals surface area contributed by atoms with Gasteiger partial charge in [-0.05, 0) is 43.5 Å². The molecule has 2 aromatic carbocycles. The second kappa shape index (κ2) is 7.14. The predicted molar refractivity (Wildman–Crippen MR) is 88.8 cm³/mol. The zero-order valence-corrected chi connectivity index (χ0v) is 14.0. The fourth-order valence-corrected chi connectivity index (χ4v) is 3.31. The summed E-state index contributed by atoms with van der Waals surface area (Å²) in [4.78, 5) is 0. The lowest BCUT2D eigenvalue weighted by Crippen LogP contribution is -1.98. The van der Waals surface area contributed by atoms with Crippen LogP contribution in [0.5, 0.6) is 5.75 Å². The quantitative estimate of drug-likeness (QED) is 0.628. The summed E-state index contributed by atoms with van der Waals surface area (Å²) in [5.74, 6) is 0.863. The highest BCUT2D eigenvalue weighted by Crippen LogP contribution is 2.33. The zero-order valence-electron chi connectivity index (χ0n) is 11.7. The van der Waals surface area contributed by atoms with Gasteiger partial charge in [0.15, 0.2) is 0 Å². The van der Waals surface area contributed by atoms with E-state index >= 15 is 0 Å².